The van der Waals surface area contributed by atoms with Gasteiger partial charge in [0.05, 0.1) is 45.3 Å². The summed E-state index contributed by atoms with van der Waals surface area (Å²) < 4.78 is 66.7. The molecule has 0 spiro atoms. The van der Waals surface area contributed by atoms with Gasteiger partial charge in [-0.15, -0.1) is 18.7 Å². The number of amides is 4. The predicted molar refractivity (Wildman–Crippen MR) is 155 cm³/mol. The summed E-state index contributed by atoms with van der Waals surface area (Å²) in [5.41, 5.74) is 0.276. The number of imide groups is 2. The van der Waals surface area contributed by atoms with E-state index in [0.717, 1.165) is 24.3 Å². The molecule has 2 aliphatic rings. The molecule has 4 amide bonds. The second-order valence-electron chi connectivity index (χ2n) is 9.99. The molecule has 4 aromatic carbocycles. The van der Waals surface area contributed by atoms with E-state index in [1.165, 1.54) is 60.7 Å². The number of benzene rings is 4. The summed E-state index contributed by atoms with van der Waals surface area (Å²) in [6.45, 7) is -0.793. The second-order valence-corrected chi connectivity index (χ2v) is 13.0. The summed E-state index contributed by atoms with van der Waals surface area (Å²) in [6, 6.07) is 17.2. The van der Waals surface area contributed by atoms with Crippen LogP contribution in [0.4, 0.5) is 0 Å². The van der Waals surface area contributed by atoms with Gasteiger partial charge in [-0.05, 0) is 83.9 Å². The van der Waals surface area contributed by atoms with Crippen LogP contribution in [0.25, 0.3) is 0 Å². The number of rotatable bonds is 10. The van der Waals surface area contributed by atoms with E-state index in [1.807, 2.05) is 0 Å². The van der Waals surface area contributed by atoms with Gasteiger partial charge in [-0.1, -0.05) is 12.1 Å². The maximum absolute atomic E-state index is 12.8. The molecule has 0 atom stereocenters. The molecule has 47 heavy (non-hydrogen) atoms. The summed E-state index contributed by atoms with van der Waals surface area (Å²) in [7, 11) is -9.32. The van der Waals surface area contributed by atoms with Crippen LogP contribution in [-0.2, 0) is 42.0 Å². The van der Waals surface area contributed by atoms with Gasteiger partial charge < -0.3 is 14.9 Å². The van der Waals surface area contributed by atoms with Crippen molar-refractivity contribution in [2.75, 3.05) is 0 Å². The van der Waals surface area contributed by atoms with Crippen LogP contribution in [0.1, 0.15) is 52.6 Å². The Morgan fingerprint density at radius 1 is 0.489 bits per heavy atom. The highest BCUT2D eigenvalue weighted by molar-refractivity contribution is 7.87. The minimum absolute atomic E-state index is 0.0857. The van der Waals surface area contributed by atoms with Gasteiger partial charge in [0.1, 0.15) is 11.5 Å². The molecule has 2 aliphatic heterocycles. The van der Waals surface area contributed by atoms with E-state index in [4.69, 9.17) is 13.3 Å². The van der Waals surface area contributed by atoms with Crippen molar-refractivity contribution < 1.29 is 59.5 Å². The first-order valence-corrected chi connectivity index (χ1v) is 16.2. The zero-order chi connectivity index (χ0) is 33.7. The third-order valence-electron chi connectivity index (χ3n) is 7.00. The Balaban J connectivity index is 1.11. The van der Waals surface area contributed by atoms with Gasteiger partial charge >= 0.3 is 20.2 Å². The number of aliphatic hydroxyl groups excluding tert-OH is 2. The monoisotopic (exact) mass is 680 g/mol. The number of carbonyl (C=O) groups excluding carboxylic acids is 4. The third kappa shape index (κ3) is 5.78. The largest absolute Gasteiger partial charge is 0.457 e. The minimum Gasteiger partial charge on any atom is -0.457 e. The second kappa shape index (κ2) is 11.8. The van der Waals surface area contributed by atoms with E-state index in [1.54, 1.807) is 0 Å². The summed E-state index contributed by atoms with van der Waals surface area (Å²) in [5, 5.41) is 18.8. The lowest BCUT2D eigenvalue weighted by Crippen LogP contribution is -2.32. The molecule has 15 nitrogen and oxygen atoms in total. The number of carbonyl (C=O) groups is 4. The number of hydroxylamine groups is 4. The Bertz CT molecular complexity index is 2040. The summed E-state index contributed by atoms with van der Waals surface area (Å²) in [6.07, 6.45) is 0. The molecule has 2 N–H and O–H groups in total. The van der Waals surface area contributed by atoms with Crippen LogP contribution >= 0.6 is 0 Å². The molecule has 0 saturated heterocycles. The zero-order valence-corrected chi connectivity index (χ0v) is 25.2. The Morgan fingerprint density at radius 3 is 1.17 bits per heavy atom. The summed E-state index contributed by atoms with van der Waals surface area (Å²) >= 11 is 0. The number of hydrogen-bond donors (Lipinski definition) is 2. The van der Waals surface area contributed by atoms with Crippen molar-refractivity contribution in [2.24, 2.45) is 0 Å². The predicted octanol–water partition coefficient (Wildman–Crippen LogP) is 2.30. The van der Waals surface area contributed by atoms with Gasteiger partial charge in [0, 0.05) is 0 Å². The van der Waals surface area contributed by atoms with E-state index in [2.05, 4.69) is 0 Å². The Labute approximate surface area is 265 Å². The molecular weight excluding hydrogens is 660 g/mol. The standard InChI is InChI=1S/C30H20N2O13S2/c33-15-17-1-11-23-25(13-17)29(37)31(27(23)35)44-46(39,40)21-7-3-19(4-8-21)43-20-5-9-22(10-6-20)47(41,42)45-32-28(36)24-12-2-18(16-34)14-26(24)30(32)38/h1-14,33-34H,15-16H2. The van der Waals surface area contributed by atoms with Gasteiger partial charge in [-0.25, -0.2) is 0 Å². The van der Waals surface area contributed by atoms with Crippen LogP contribution in [-0.4, -0.2) is 60.8 Å². The van der Waals surface area contributed by atoms with Gasteiger partial charge in [0.15, 0.2) is 0 Å². The van der Waals surface area contributed by atoms with Gasteiger partial charge in [-0.3, -0.25) is 19.2 Å². The molecule has 0 aliphatic carbocycles. The van der Waals surface area contributed by atoms with Gasteiger partial charge in [-0.2, -0.15) is 16.8 Å². The average molecular weight is 681 g/mol. The van der Waals surface area contributed by atoms with Crippen molar-refractivity contribution >= 4 is 43.9 Å². The van der Waals surface area contributed by atoms with E-state index in [-0.39, 0.29) is 43.9 Å². The van der Waals surface area contributed by atoms with E-state index < -0.39 is 66.9 Å². The zero-order valence-electron chi connectivity index (χ0n) is 23.6. The van der Waals surface area contributed by atoms with Crippen LogP contribution in [0.2, 0.25) is 0 Å². The van der Waals surface area contributed by atoms with Crippen molar-refractivity contribution in [1.29, 1.82) is 0 Å². The lowest BCUT2D eigenvalue weighted by atomic mass is 10.1. The molecule has 0 saturated carbocycles. The fourth-order valence-corrected chi connectivity index (χ4v) is 6.41. The number of ether oxygens (including phenoxy) is 1. The first-order chi connectivity index (χ1) is 22.3. The summed E-state index contributed by atoms with van der Waals surface area (Å²) in [5.74, 6) is -3.79. The maximum Gasteiger partial charge on any atom is 0.318 e. The maximum atomic E-state index is 12.8. The summed E-state index contributed by atoms with van der Waals surface area (Å²) in [4.78, 5) is 49.6. The minimum atomic E-state index is -4.66. The van der Waals surface area contributed by atoms with Crippen molar-refractivity contribution in [3.05, 3.63) is 118 Å². The third-order valence-corrected chi connectivity index (χ3v) is 9.39. The normalized spacial score (nSPS) is 14.5. The van der Waals surface area contributed by atoms with Crippen LogP contribution < -0.4 is 4.74 Å². The molecule has 4 aromatic rings. The number of nitrogens with zero attached hydrogens (tertiary/aromatic N) is 2. The molecule has 0 radical (unpaired) electrons. The van der Waals surface area contributed by atoms with Crippen molar-refractivity contribution in [3.63, 3.8) is 0 Å². The van der Waals surface area contributed by atoms with Crippen LogP contribution in [0.3, 0.4) is 0 Å². The van der Waals surface area contributed by atoms with Crippen LogP contribution in [0, 0.1) is 0 Å². The quantitative estimate of drug-likeness (QED) is 0.231. The Hall–Kier alpha value is -5.30. The van der Waals surface area contributed by atoms with E-state index in [9.17, 15) is 46.2 Å². The average Bonchev–Trinajstić information content (AvgIpc) is 3.44. The van der Waals surface area contributed by atoms with Crippen LogP contribution in [0.5, 0.6) is 11.5 Å². The lowest BCUT2D eigenvalue weighted by molar-refractivity contribution is -0.0107. The smallest absolute Gasteiger partial charge is 0.318 e. The molecule has 0 aromatic heterocycles. The highest BCUT2D eigenvalue weighted by Crippen LogP contribution is 2.30. The van der Waals surface area contributed by atoms with Crippen molar-refractivity contribution in [2.45, 2.75) is 23.0 Å². The molecule has 0 fully saturated rings. The fourth-order valence-electron chi connectivity index (χ4n) is 4.63. The Kier molecular flexibility index (Phi) is 7.96. The fraction of sp³-hybridized carbons (Fsp3) is 0.0667. The molecule has 240 valence electrons. The van der Waals surface area contributed by atoms with Crippen molar-refractivity contribution in [1.82, 2.24) is 10.1 Å². The van der Waals surface area contributed by atoms with E-state index >= 15 is 0 Å². The SMILES string of the molecule is O=C1c2ccc(CO)cc2C(=O)N1OS(=O)(=O)c1ccc(Oc2ccc(S(=O)(=O)ON3C(=O)c4ccc(CO)cc4C3=O)cc2)cc1. The molecule has 6 rings (SSSR count). The number of hydrogen-bond acceptors (Lipinski definition) is 13. The highest BCUT2D eigenvalue weighted by atomic mass is 32.2. The first-order valence-electron chi connectivity index (χ1n) is 13.4. The Morgan fingerprint density at radius 2 is 0.830 bits per heavy atom. The lowest BCUT2D eigenvalue weighted by Gasteiger charge is -2.14. The molecule has 17 heteroatoms. The first kappa shape index (κ1) is 31.7. The molecule has 0 unspecified atom stereocenters. The van der Waals surface area contributed by atoms with E-state index in [0.29, 0.717) is 11.1 Å². The molecular formula is C30H20N2O13S2. The van der Waals surface area contributed by atoms with Crippen LogP contribution in [0.15, 0.2) is 94.7 Å². The number of fused-ring (bicyclic) bond motifs is 2. The highest BCUT2D eigenvalue weighted by Gasteiger charge is 2.41. The molecule has 2 heterocycles. The number of aliphatic hydroxyl groups is 2. The molecule has 0 bridgehead atoms. The van der Waals surface area contributed by atoms with Crippen molar-refractivity contribution in [3.8, 4) is 11.5 Å². The van der Waals surface area contributed by atoms with Gasteiger partial charge in [0.2, 0.25) is 0 Å². The topological polar surface area (TPSA) is 211 Å². The van der Waals surface area contributed by atoms with Gasteiger partial charge in [0.25, 0.3) is 23.6 Å².